The summed E-state index contributed by atoms with van der Waals surface area (Å²) < 4.78 is 0. The second kappa shape index (κ2) is 9.99. The molecule has 3 fully saturated rings. The number of hydrogen-bond acceptors (Lipinski definition) is 7. The highest BCUT2D eigenvalue weighted by atomic mass is 15.2. The summed E-state index contributed by atoms with van der Waals surface area (Å²) in [6, 6.07) is 16.6. The molecule has 2 bridgehead atoms. The third-order valence-corrected chi connectivity index (χ3v) is 10.5. The molecule has 2 aromatic heterocycles. The molecule has 3 atom stereocenters. The fourth-order valence-corrected chi connectivity index (χ4v) is 8.30. The molecule has 5 heterocycles. The minimum Gasteiger partial charge on any atom is -0.364 e. The van der Waals surface area contributed by atoms with E-state index >= 15 is 0 Å². The lowest BCUT2D eigenvalue weighted by molar-refractivity contribution is 0.358. The summed E-state index contributed by atoms with van der Waals surface area (Å²) in [6.07, 6.45) is 9.77. The van der Waals surface area contributed by atoms with Crippen LogP contribution in [0.4, 0.5) is 0 Å². The maximum Gasteiger partial charge on any atom is 0.124 e. The van der Waals surface area contributed by atoms with Gasteiger partial charge in [0.05, 0.1) is 47.1 Å². The number of fused-ring (bicyclic) bond motifs is 3. The van der Waals surface area contributed by atoms with Gasteiger partial charge in [-0.15, -0.1) is 10.2 Å². The lowest BCUT2D eigenvalue weighted by Gasteiger charge is -2.40. The van der Waals surface area contributed by atoms with Crippen molar-refractivity contribution in [3.8, 4) is 22.5 Å². The normalized spacial score (nSPS) is 28.3. The Hall–Kier alpha value is -3.62. The van der Waals surface area contributed by atoms with Crippen molar-refractivity contribution >= 4 is 16.9 Å². The van der Waals surface area contributed by atoms with E-state index < -0.39 is 0 Å². The minimum atomic E-state index is 0.247. The molecule has 42 heavy (non-hydrogen) atoms. The van der Waals surface area contributed by atoms with Crippen molar-refractivity contribution < 1.29 is 0 Å². The molecule has 3 aliphatic carbocycles. The molecule has 0 amide bonds. The van der Waals surface area contributed by atoms with Gasteiger partial charge >= 0.3 is 0 Å². The van der Waals surface area contributed by atoms with Crippen LogP contribution in [0.2, 0.25) is 0 Å². The van der Waals surface area contributed by atoms with Crippen molar-refractivity contribution in [3.05, 3.63) is 65.0 Å². The van der Waals surface area contributed by atoms with Gasteiger partial charge in [0.15, 0.2) is 0 Å². The number of nitrogens with one attached hydrogen (secondary N) is 4. The van der Waals surface area contributed by atoms with Gasteiger partial charge in [-0.25, -0.2) is 4.98 Å². The Bertz CT molecular complexity index is 1670. The van der Waals surface area contributed by atoms with Crippen LogP contribution in [-0.2, 0) is 0 Å². The number of rotatable bonds is 5. The van der Waals surface area contributed by atoms with E-state index in [9.17, 15) is 0 Å². The van der Waals surface area contributed by atoms with Gasteiger partial charge in [0.25, 0.3) is 0 Å². The zero-order valence-electron chi connectivity index (χ0n) is 24.0. The molecule has 214 valence electrons. The monoisotopic (exact) mass is 558 g/mol. The van der Waals surface area contributed by atoms with Crippen molar-refractivity contribution in [2.24, 2.45) is 4.99 Å². The number of aromatic nitrogens is 4. The molecule has 3 aliphatic heterocycles. The van der Waals surface area contributed by atoms with E-state index in [2.05, 4.69) is 63.4 Å². The highest BCUT2D eigenvalue weighted by Crippen LogP contribution is 2.54. The van der Waals surface area contributed by atoms with Gasteiger partial charge in [-0.2, -0.15) is 0 Å². The van der Waals surface area contributed by atoms with E-state index in [-0.39, 0.29) is 6.04 Å². The lowest BCUT2D eigenvalue weighted by Crippen LogP contribution is -2.38. The molecule has 10 rings (SSSR count). The number of nitrogens with zero attached hydrogens (tertiary/aromatic N) is 4. The first-order chi connectivity index (χ1) is 20.8. The molecule has 6 aliphatic rings. The van der Waals surface area contributed by atoms with Crippen LogP contribution in [0.5, 0.6) is 0 Å². The standard InChI is InChI=1S/C34H38N8/c1-3-25(35-15-1)33-37-18-28(40-33)19-5-11-22(12-6-19)31-29-20-7-9-21(10-8-20)30(29)32(42-41-31)23-13-14-24-27(17-23)39-34(38-24)26-4-2-16-36-26/h5-6,11-14,17,20-21,25-26,28,35-36H,1-4,7-10,15-16,18H2,(H,37,40)(H,38,39). The smallest absolute Gasteiger partial charge is 0.124 e. The third kappa shape index (κ3) is 4.10. The van der Waals surface area contributed by atoms with Crippen LogP contribution >= 0.6 is 0 Å². The summed E-state index contributed by atoms with van der Waals surface area (Å²) in [5.41, 5.74) is 10.8. The van der Waals surface area contributed by atoms with Crippen LogP contribution in [0, 0.1) is 0 Å². The summed E-state index contributed by atoms with van der Waals surface area (Å²) in [7, 11) is 0. The molecular formula is C34H38N8. The number of aliphatic imine (C=N–C) groups is 1. The van der Waals surface area contributed by atoms with Crippen molar-refractivity contribution in [1.82, 2.24) is 36.1 Å². The quantitative estimate of drug-likeness (QED) is 0.252. The van der Waals surface area contributed by atoms with Crippen LogP contribution in [0.25, 0.3) is 33.5 Å². The van der Waals surface area contributed by atoms with Gasteiger partial charge in [0.1, 0.15) is 11.7 Å². The molecule has 4 N–H and O–H groups in total. The first-order valence-corrected chi connectivity index (χ1v) is 16.1. The molecular weight excluding hydrogens is 520 g/mol. The molecule has 1 saturated carbocycles. The van der Waals surface area contributed by atoms with Crippen LogP contribution in [0.1, 0.15) is 97.8 Å². The second-order valence-electron chi connectivity index (χ2n) is 13.0. The van der Waals surface area contributed by atoms with E-state index in [4.69, 9.17) is 20.2 Å². The number of benzene rings is 2. The summed E-state index contributed by atoms with van der Waals surface area (Å²) in [6.45, 7) is 2.96. The number of amidine groups is 1. The zero-order chi connectivity index (χ0) is 27.6. The van der Waals surface area contributed by atoms with Gasteiger partial charge in [0, 0.05) is 11.1 Å². The Kier molecular flexibility index (Phi) is 5.93. The molecule has 4 aromatic rings. The highest BCUT2D eigenvalue weighted by molar-refractivity contribution is 5.89. The van der Waals surface area contributed by atoms with Crippen LogP contribution in [0.3, 0.4) is 0 Å². The molecule has 8 heteroatoms. The third-order valence-electron chi connectivity index (χ3n) is 10.5. The molecule has 0 spiro atoms. The summed E-state index contributed by atoms with van der Waals surface area (Å²) in [5.74, 6) is 3.31. The zero-order valence-corrected chi connectivity index (χ0v) is 24.0. The fourth-order valence-electron chi connectivity index (χ4n) is 8.30. The summed E-state index contributed by atoms with van der Waals surface area (Å²) in [5, 5.41) is 20.7. The molecule has 2 saturated heterocycles. The minimum absolute atomic E-state index is 0.247. The Morgan fingerprint density at radius 3 is 2.02 bits per heavy atom. The lowest BCUT2D eigenvalue weighted by atomic mass is 9.65. The number of hydrogen-bond donors (Lipinski definition) is 4. The number of H-pyrrole nitrogens is 1. The predicted molar refractivity (Wildman–Crippen MR) is 166 cm³/mol. The van der Waals surface area contributed by atoms with E-state index in [1.54, 1.807) is 0 Å². The highest BCUT2D eigenvalue weighted by Gasteiger charge is 2.38. The fraction of sp³-hybridized carbons (Fsp3) is 0.471. The van der Waals surface area contributed by atoms with Gasteiger partial charge < -0.3 is 20.9 Å². The first kappa shape index (κ1) is 24.9. The van der Waals surface area contributed by atoms with Crippen molar-refractivity contribution in [1.29, 1.82) is 0 Å². The maximum absolute atomic E-state index is 4.97. The van der Waals surface area contributed by atoms with E-state index in [0.29, 0.717) is 23.9 Å². The molecule has 0 radical (unpaired) electrons. The molecule has 3 unspecified atom stereocenters. The van der Waals surface area contributed by atoms with Crippen LogP contribution in [-0.4, -0.2) is 51.7 Å². The first-order valence-electron chi connectivity index (χ1n) is 16.1. The number of imidazole rings is 1. The Morgan fingerprint density at radius 1 is 0.667 bits per heavy atom. The Labute approximate surface area is 246 Å². The van der Waals surface area contributed by atoms with Gasteiger partial charge in [-0.3, -0.25) is 4.99 Å². The topological polar surface area (TPSA) is 103 Å². The van der Waals surface area contributed by atoms with E-state index in [1.165, 1.54) is 67.2 Å². The van der Waals surface area contributed by atoms with Crippen molar-refractivity contribution in [3.63, 3.8) is 0 Å². The van der Waals surface area contributed by atoms with E-state index in [0.717, 1.165) is 65.7 Å². The Balaban J connectivity index is 1.05. The van der Waals surface area contributed by atoms with Crippen molar-refractivity contribution in [2.75, 3.05) is 19.6 Å². The van der Waals surface area contributed by atoms with Gasteiger partial charge in [0.2, 0.25) is 0 Å². The summed E-state index contributed by atoms with van der Waals surface area (Å²) >= 11 is 0. The van der Waals surface area contributed by atoms with E-state index in [1.807, 2.05) is 0 Å². The molecule has 2 aromatic carbocycles. The van der Waals surface area contributed by atoms with Crippen molar-refractivity contribution in [2.45, 2.75) is 81.3 Å². The predicted octanol–water partition coefficient (Wildman–Crippen LogP) is 5.66. The maximum atomic E-state index is 4.97. The van der Waals surface area contributed by atoms with Gasteiger partial charge in [-0.1, -0.05) is 30.3 Å². The van der Waals surface area contributed by atoms with Crippen LogP contribution in [0.15, 0.2) is 47.5 Å². The van der Waals surface area contributed by atoms with Gasteiger partial charge in [-0.05, 0) is 105 Å². The average Bonchev–Trinajstić information content (AvgIpc) is 3.87. The summed E-state index contributed by atoms with van der Waals surface area (Å²) in [4.78, 5) is 13.3. The second-order valence-corrected chi connectivity index (χ2v) is 13.0. The largest absolute Gasteiger partial charge is 0.364 e. The Morgan fingerprint density at radius 2 is 1.33 bits per heavy atom. The number of aromatic amines is 1. The van der Waals surface area contributed by atoms with Crippen LogP contribution < -0.4 is 16.0 Å². The molecule has 8 nitrogen and oxygen atoms in total. The SMILES string of the molecule is c1cc(C2CN=C(C3CCCN3)N2)ccc1-c1nnc(-c2ccc3nc(C4CCCN4)[nH]c3c2)c2c1C1CCC2CC1. The average molecular weight is 559 g/mol.